The van der Waals surface area contributed by atoms with Crippen molar-refractivity contribution in [2.24, 2.45) is 11.8 Å². The molecule has 3 fully saturated rings. The Morgan fingerprint density at radius 3 is 2.42 bits per heavy atom. The predicted molar refractivity (Wildman–Crippen MR) is 140 cm³/mol. The standard InChI is InChI=1S/C29H30F2N4O5/c1-16(36)33-11-18-12-35(27(38)39-18)17-8-9-19(24(31)10-17)20-6-5-7-23(30)25(20)29(15-32)21-13-34(14-22(21)29)26(37)40-28(2,3)4/h5-10,18,21-22H,11-14H2,1-4H3,(H,33,36)/t18-,21?,22?,29?/m0/s1. The number of ether oxygens (including phenoxy) is 2. The Kier molecular flexibility index (Phi) is 6.68. The number of benzene rings is 2. The van der Waals surface area contributed by atoms with Gasteiger partial charge < -0.3 is 19.7 Å². The maximum Gasteiger partial charge on any atom is 0.414 e. The number of cyclic esters (lactones) is 1. The van der Waals surface area contributed by atoms with Crippen LogP contribution in [0.3, 0.4) is 0 Å². The Bertz CT molecular complexity index is 1420. The molecule has 210 valence electrons. The lowest BCUT2D eigenvalue weighted by Gasteiger charge is -2.28. The van der Waals surface area contributed by atoms with Crippen LogP contribution < -0.4 is 10.2 Å². The maximum atomic E-state index is 15.6. The first kappa shape index (κ1) is 27.4. The SMILES string of the molecule is CC(=O)NC[C@H]1CN(c2ccc(-c3cccc(F)c3C3(C#N)C4CN(C(=O)OC(C)(C)C)CC43)c(F)c2)C(=O)O1. The summed E-state index contributed by atoms with van der Waals surface area (Å²) in [6, 6.07) is 10.7. The average molecular weight is 553 g/mol. The Hall–Kier alpha value is -4.20. The molecule has 2 unspecified atom stereocenters. The minimum Gasteiger partial charge on any atom is -0.444 e. The number of nitriles is 1. The van der Waals surface area contributed by atoms with Gasteiger partial charge in [-0.1, -0.05) is 12.1 Å². The molecule has 1 N–H and O–H groups in total. The third-order valence-electron chi connectivity index (χ3n) is 7.65. The van der Waals surface area contributed by atoms with Gasteiger partial charge in [0.05, 0.1) is 30.3 Å². The molecule has 3 aliphatic rings. The second-order valence-corrected chi connectivity index (χ2v) is 11.5. The molecule has 1 saturated carbocycles. The lowest BCUT2D eigenvalue weighted by atomic mass is 9.84. The highest BCUT2D eigenvalue weighted by Crippen LogP contribution is 2.65. The van der Waals surface area contributed by atoms with Crippen molar-refractivity contribution in [2.45, 2.75) is 44.8 Å². The van der Waals surface area contributed by atoms with E-state index in [4.69, 9.17) is 9.47 Å². The number of carbonyl (C=O) groups is 3. The minimum atomic E-state index is -1.21. The maximum absolute atomic E-state index is 15.6. The summed E-state index contributed by atoms with van der Waals surface area (Å²) >= 11 is 0. The molecule has 2 saturated heterocycles. The molecular formula is C29H30F2N4O5. The fourth-order valence-electron chi connectivity index (χ4n) is 5.85. The summed E-state index contributed by atoms with van der Waals surface area (Å²) in [6.07, 6.45) is -1.74. The summed E-state index contributed by atoms with van der Waals surface area (Å²) in [7, 11) is 0. The van der Waals surface area contributed by atoms with Gasteiger partial charge in [-0.3, -0.25) is 9.69 Å². The van der Waals surface area contributed by atoms with Crippen LogP contribution in [0.1, 0.15) is 33.3 Å². The number of rotatable bonds is 5. The number of halogens is 2. The summed E-state index contributed by atoms with van der Waals surface area (Å²) in [5.41, 5.74) is -1.18. The summed E-state index contributed by atoms with van der Waals surface area (Å²) in [6.45, 7) is 7.38. The largest absolute Gasteiger partial charge is 0.444 e. The van der Waals surface area contributed by atoms with Crippen molar-refractivity contribution in [1.29, 1.82) is 5.26 Å². The third-order valence-corrected chi connectivity index (χ3v) is 7.65. The second kappa shape index (κ2) is 9.77. The van der Waals surface area contributed by atoms with Gasteiger partial charge in [0, 0.05) is 43.0 Å². The molecule has 2 aliphatic heterocycles. The molecule has 0 radical (unpaired) electrons. The fourth-order valence-corrected chi connectivity index (χ4v) is 5.85. The van der Waals surface area contributed by atoms with E-state index < -0.39 is 40.9 Å². The van der Waals surface area contributed by atoms with Crippen LogP contribution >= 0.6 is 0 Å². The Morgan fingerprint density at radius 1 is 1.12 bits per heavy atom. The van der Waals surface area contributed by atoms with Gasteiger partial charge in [0.15, 0.2) is 0 Å². The minimum absolute atomic E-state index is 0.0872. The van der Waals surface area contributed by atoms with Crippen LogP contribution in [0.4, 0.5) is 24.1 Å². The number of hydrogen-bond acceptors (Lipinski definition) is 6. The van der Waals surface area contributed by atoms with E-state index in [1.165, 1.54) is 47.1 Å². The predicted octanol–water partition coefficient (Wildman–Crippen LogP) is 4.35. The van der Waals surface area contributed by atoms with Crippen molar-refractivity contribution in [1.82, 2.24) is 10.2 Å². The van der Waals surface area contributed by atoms with Crippen LogP contribution in [0.15, 0.2) is 36.4 Å². The monoisotopic (exact) mass is 552 g/mol. The molecule has 0 spiro atoms. The van der Waals surface area contributed by atoms with Gasteiger partial charge in [0.25, 0.3) is 0 Å². The number of hydrogen-bond donors (Lipinski definition) is 1. The van der Waals surface area contributed by atoms with Gasteiger partial charge in [0.2, 0.25) is 5.91 Å². The number of nitrogens with zero attached hydrogens (tertiary/aromatic N) is 3. The van der Waals surface area contributed by atoms with E-state index in [0.717, 1.165) is 0 Å². The first-order valence-electron chi connectivity index (χ1n) is 13.1. The number of anilines is 1. The Balaban J connectivity index is 1.40. The van der Waals surface area contributed by atoms with Crippen molar-refractivity contribution >= 4 is 23.8 Å². The molecule has 3 atom stereocenters. The highest BCUT2D eigenvalue weighted by molar-refractivity contribution is 5.90. The fraction of sp³-hybridized carbons (Fsp3) is 0.448. The zero-order chi connectivity index (χ0) is 29.0. The van der Waals surface area contributed by atoms with Crippen LogP contribution in [0, 0.1) is 34.8 Å². The van der Waals surface area contributed by atoms with Crippen molar-refractivity contribution in [3.05, 3.63) is 53.6 Å². The highest BCUT2D eigenvalue weighted by atomic mass is 19.1. The van der Waals surface area contributed by atoms with Gasteiger partial charge in [0.1, 0.15) is 23.3 Å². The summed E-state index contributed by atoms with van der Waals surface area (Å²) in [5.74, 6) is -2.21. The molecule has 3 amide bonds. The quantitative estimate of drug-likeness (QED) is 0.590. The Morgan fingerprint density at radius 2 is 1.82 bits per heavy atom. The molecule has 9 nitrogen and oxygen atoms in total. The molecule has 2 aromatic carbocycles. The van der Waals surface area contributed by atoms with Crippen LogP contribution in [0.5, 0.6) is 0 Å². The van der Waals surface area contributed by atoms with Crippen LogP contribution in [0.2, 0.25) is 0 Å². The number of likely N-dealkylation sites (tertiary alicyclic amines) is 1. The molecule has 5 rings (SSSR count). The smallest absolute Gasteiger partial charge is 0.414 e. The molecule has 2 heterocycles. The lowest BCUT2D eigenvalue weighted by Crippen LogP contribution is -2.39. The van der Waals surface area contributed by atoms with Gasteiger partial charge >= 0.3 is 12.2 Å². The third kappa shape index (κ3) is 4.72. The Labute approximate surface area is 230 Å². The topological polar surface area (TPSA) is 112 Å². The molecular weight excluding hydrogens is 522 g/mol. The van der Waals surface area contributed by atoms with E-state index in [-0.39, 0.29) is 66.3 Å². The molecule has 1 aliphatic carbocycles. The van der Waals surface area contributed by atoms with Gasteiger partial charge in [-0.15, -0.1) is 0 Å². The first-order chi connectivity index (χ1) is 18.9. The van der Waals surface area contributed by atoms with E-state index >= 15 is 8.78 Å². The normalized spacial score (nSPS) is 25.2. The number of carbonyl (C=O) groups excluding carboxylic acids is 3. The van der Waals surface area contributed by atoms with Gasteiger partial charge in [-0.2, -0.15) is 5.26 Å². The van der Waals surface area contributed by atoms with E-state index in [0.29, 0.717) is 0 Å². The molecule has 40 heavy (non-hydrogen) atoms. The second-order valence-electron chi connectivity index (χ2n) is 11.5. The van der Waals surface area contributed by atoms with Crippen LogP contribution in [-0.2, 0) is 19.7 Å². The van der Waals surface area contributed by atoms with Crippen LogP contribution in [0.25, 0.3) is 11.1 Å². The zero-order valence-corrected chi connectivity index (χ0v) is 22.7. The lowest BCUT2D eigenvalue weighted by molar-refractivity contribution is -0.119. The van der Waals surface area contributed by atoms with Gasteiger partial charge in [-0.25, -0.2) is 18.4 Å². The molecule has 11 heteroatoms. The molecule has 2 aromatic rings. The zero-order valence-electron chi connectivity index (χ0n) is 22.7. The number of nitrogens with one attached hydrogen (secondary N) is 1. The highest BCUT2D eigenvalue weighted by Gasteiger charge is 2.72. The van der Waals surface area contributed by atoms with Crippen molar-refractivity contribution in [3.8, 4) is 17.2 Å². The van der Waals surface area contributed by atoms with E-state index in [1.54, 1.807) is 26.8 Å². The molecule has 0 bridgehead atoms. The van der Waals surface area contributed by atoms with E-state index in [2.05, 4.69) is 11.4 Å². The average Bonchev–Trinajstić information content (AvgIpc) is 3.16. The molecule has 0 aromatic heterocycles. The van der Waals surface area contributed by atoms with Crippen molar-refractivity contribution < 1.29 is 32.6 Å². The van der Waals surface area contributed by atoms with E-state index in [1.807, 2.05) is 0 Å². The van der Waals surface area contributed by atoms with E-state index in [9.17, 15) is 19.6 Å². The number of amides is 3. The number of fused-ring (bicyclic) bond motifs is 1. The van der Waals surface area contributed by atoms with Gasteiger partial charge in [-0.05, 0) is 50.6 Å². The van der Waals surface area contributed by atoms with Crippen LogP contribution in [-0.4, -0.2) is 60.9 Å². The summed E-state index contributed by atoms with van der Waals surface area (Å²) in [5, 5.41) is 12.9. The first-order valence-corrected chi connectivity index (χ1v) is 13.1. The number of piperidine rings is 1. The summed E-state index contributed by atoms with van der Waals surface area (Å²) < 4.78 is 41.7. The summed E-state index contributed by atoms with van der Waals surface area (Å²) in [4.78, 5) is 38.9. The van der Waals surface area contributed by atoms with Crippen molar-refractivity contribution in [2.75, 3.05) is 31.1 Å². The van der Waals surface area contributed by atoms with Crippen molar-refractivity contribution in [3.63, 3.8) is 0 Å².